The Hall–Kier alpha value is -1.80. The highest BCUT2D eigenvalue weighted by Crippen LogP contribution is 2.19. The van der Waals surface area contributed by atoms with Crippen molar-refractivity contribution < 1.29 is 4.74 Å². The van der Waals surface area contributed by atoms with Crippen LogP contribution in [0.2, 0.25) is 0 Å². The standard InChI is InChI=1S/C23H34N4O.HI/c1-6-24-23(25-14-13-19-12-11-18(2)22(15-19)28-5)26-16-20-9-7-8-10-21(20)17-27(3)4;/h7-12,15H,6,13-14,16-17H2,1-5H3,(H2,24,25,26);1H. The van der Waals surface area contributed by atoms with Crippen LogP contribution >= 0.6 is 24.0 Å². The van der Waals surface area contributed by atoms with Crippen molar-refractivity contribution in [2.75, 3.05) is 34.3 Å². The fourth-order valence-corrected chi connectivity index (χ4v) is 3.06. The van der Waals surface area contributed by atoms with Gasteiger partial charge in [0, 0.05) is 19.6 Å². The molecule has 0 heterocycles. The lowest BCUT2D eigenvalue weighted by Gasteiger charge is -2.15. The first kappa shape index (κ1) is 25.2. The number of methoxy groups -OCH3 is 1. The topological polar surface area (TPSA) is 48.9 Å². The molecule has 0 unspecified atom stereocenters. The molecule has 29 heavy (non-hydrogen) atoms. The van der Waals surface area contributed by atoms with Crippen LogP contribution in [0.3, 0.4) is 0 Å². The van der Waals surface area contributed by atoms with Gasteiger partial charge in [0.25, 0.3) is 0 Å². The van der Waals surface area contributed by atoms with Gasteiger partial charge in [-0.3, -0.25) is 0 Å². The summed E-state index contributed by atoms with van der Waals surface area (Å²) in [7, 11) is 5.89. The summed E-state index contributed by atoms with van der Waals surface area (Å²) in [5.41, 5.74) is 4.99. The third-order valence-corrected chi connectivity index (χ3v) is 4.54. The van der Waals surface area contributed by atoms with E-state index in [1.54, 1.807) is 7.11 Å². The third kappa shape index (κ3) is 8.62. The summed E-state index contributed by atoms with van der Waals surface area (Å²) in [6.45, 7) is 7.39. The summed E-state index contributed by atoms with van der Waals surface area (Å²) < 4.78 is 5.42. The molecule has 0 aliphatic heterocycles. The van der Waals surface area contributed by atoms with Crippen molar-refractivity contribution in [1.82, 2.24) is 15.5 Å². The minimum absolute atomic E-state index is 0. The first-order chi connectivity index (χ1) is 13.5. The molecule has 0 aliphatic carbocycles. The zero-order valence-corrected chi connectivity index (χ0v) is 20.6. The minimum atomic E-state index is 0. The molecular formula is C23H35IN4O. The van der Waals surface area contributed by atoms with E-state index < -0.39 is 0 Å². The van der Waals surface area contributed by atoms with Gasteiger partial charge in [-0.05, 0) is 62.7 Å². The van der Waals surface area contributed by atoms with E-state index in [9.17, 15) is 0 Å². The van der Waals surface area contributed by atoms with Crippen molar-refractivity contribution in [3.8, 4) is 5.75 Å². The number of hydrogen-bond donors (Lipinski definition) is 2. The Bertz CT molecular complexity index is 777. The highest BCUT2D eigenvalue weighted by Gasteiger charge is 2.05. The summed E-state index contributed by atoms with van der Waals surface area (Å²) in [5, 5.41) is 6.77. The largest absolute Gasteiger partial charge is 0.496 e. The van der Waals surface area contributed by atoms with E-state index in [4.69, 9.17) is 9.73 Å². The molecule has 2 rings (SSSR count). The average molecular weight is 510 g/mol. The molecule has 5 nitrogen and oxygen atoms in total. The van der Waals surface area contributed by atoms with Gasteiger partial charge in [0.15, 0.2) is 5.96 Å². The van der Waals surface area contributed by atoms with Crippen molar-refractivity contribution in [1.29, 1.82) is 0 Å². The van der Waals surface area contributed by atoms with Gasteiger partial charge in [-0.1, -0.05) is 36.4 Å². The van der Waals surface area contributed by atoms with Crippen LogP contribution in [0.4, 0.5) is 0 Å². The van der Waals surface area contributed by atoms with Crippen LogP contribution in [0.15, 0.2) is 47.5 Å². The first-order valence-corrected chi connectivity index (χ1v) is 9.90. The van der Waals surface area contributed by atoms with E-state index in [-0.39, 0.29) is 24.0 Å². The monoisotopic (exact) mass is 510 g/mol. The second-order valence-corrected chi connectivity index (χ2v) is 7.18. The number of aliphatic imine (C=N–C) groups is 1. The predicted molar refractivity (Wildman–Crippen MR) is 134 cm³/mol. The van der Waals surface area contributed by atoms with E-state index >= 15 is 0 Å². The molecule has 0 spiro atoms. The Morgan fingerprint density at radius 1 is 1.07 bits per heavy atom. The Morgan fingerprint density at radius 2 is 1.79 bits per heavy atom. The Balaban J connectivity index is 0.00000420. The molecule has 0 bridgehead atoms. The van der Waals surface area contributed by atoms with E-state index in [0.29, 0.717) is 6.54 Å². The smallest absolute Gasteiger partial charge is 0.191 e. The predicted octanol–water partition coefficient (Wildman–Crippen LogP) is 3.98. The summed E-state index contributed by atoms with van der Waals surface area (Å²) in [6, 6.07) is 14.9. The molecule has 2 aromatic rings. The number of rotatable bonds is 9. The van der Waals surface area contributed by atoms with Gasteiger partial charge in [0.05, 0.1) is 13.7 Å². The number of nitrogens with one attached hydrogen (secondary N) is 2. The molecule has 0 atom stereocenters. The van der Waals surface area contributed by atoms with Gasteiger partial charge in [0.1, 0.15) is 5.75 Å². The lowest BCUT2D eigenvalue weighted by atomic mass is 10.1. The number of halogens is 1. The highest BCUT2D eigenvalue weighted by molar-refractivity contribution is 14.0. The molecule has 0 aromatic heterocycles. The quantitative estimate of drug-likeness (QED) is 0.305. The summed E-state index contributed by atoms with van der Waals surface area (Å²) in [6.07, 6.45) is 0.915. The molecule has 2 aromatic carbocycles. The second kappa shape index (κ2) is 13.4. The maximum atomic E-state index is 5.42. The zero-order chi connectivity index (χ0) is 20.4. The Labute approximate surface area is 193 Å². The van der Waals surface area contributed by atoms with Crippen molar-refractivity contribution in [2.45, 2.75) is 33.4 Å². The first-order valence-electron chi connectivity index (χ1n) is 9.90. The van der Waals surface area contributed by atoms with Crippen LogP contribution in [-0.2, 0) is 19.5 Å². The van der Waals surface area contributed by atoms with E-state index in [0.717, 1.165) is 43.3 Å². The maximum Gasteiger partial charge on any atom is 0.191 e. The fourth-order valence-electron chi connectivity index (χ4n) is 3.06. The van der Waals surface area contributed by atoms with Gasteiger partial charge in [-0.2, -0.15) is 0 Å². The molecule has 0 fully saturated rings. The van der Waals surface area contributed by atoms with Gasteiger partial charge in [-0.25, -0.2) is 4.99 Å². The highest BCUT2D eigenvalue weighted by atomic mass is 127. The van der Waals surface area contributed by atoms with Crippen LogP contribution in [0.25, 0.3) is 0 Å². The number of benzene rings is 2. The summed E-state index contributed by atoms with van der Waals surface area (Å²) >= 11 is 0. The van der Waals surface area contributed by atoms with Crippen LogP contribution in [0.1, 0.15) is 29.2 Å². The van der Waals surface area contributed by atoms with Crippen molar-refractivity contribution in [2.24, 2.45) is 4.99 Å². The normalized spacial score (nSPS) is 11.2. The lowest BCUT2D eigenvalue weighted by molar-refractivity contribution is 0.401. The molecule has 0 saturated carbocycles. The van der Waals surface area contributed by atoms with Crippen molar-refractivity contribution in [3.63, 3.8) is 0 Å². The summed E-state index contributed by atoms with van der Waals surface area (Å²) in [4.78, 5) is 6.96. The second-order valence-electron chi connectivity index (χ2n) is 7.18. The van der Waals surface area contributed by atoms with Crippen LogP contribution in [0, 0.1) is 6.92 Å². The molecule has 6 heteroatoms. The van der Waals surface area contributed by atoms with E-state index in [2.05, 4.69) is 85.9 Å². The van der Waals surface area contributed by atoms with Crippen LogP contribution in [-0.4, -0.2) is 45.2 Å². The Kier molecular flexibility index (Phi) is 11.7. The van der Waals surface area contributed by atoms with Gasteiger partial charge in [0.2, 0.25) is 0 Å². The molecule has 0 amide bonds. The van der Waals surface area contributed by atoms with E-state index in [1.165, 1.54) is 16.7 Å². The van der Waals surface area contributed by atoms with Crippen molar-refractivity contribution >= 4 is 29.9 Å². The number of hydrogen-bond acceptors (Lipinski definition) is 3. The van der Waals surface area contributed by atoms with Gasteiger partial charge >= 0.3 is 0 Å². The molecule has 0 radical (unpaired) electrons. The van der Waals surface area contributed by atoms with Gasteiger partial charge < -0.3 is 20.3 Å². The molecular weight excluding hydrogens is 475 g/mol. The van der Waals surface area contributed by atoms with E-state index in [1.807, 2.05) is 0 Å². The molecule has 160 valence electrons. The maximum absolute atomic E-state index is 5.42. The van der Waals surface area contributed by atoms with Crippen LogP contribution in [0.5, 0.6) is 5.75 Å². The third-order valence-electron chi connectivity index (χ3n) is 4.54. The Morgan fingerprint density at radius 3 is 2.45 bits per heavy atom. The fraction of sp³-hybridized carbons (Fsp3) is 0.435. The molecule has 0 saturated heterocycles. The van der Waals surface area contributed by atoms with Crippen molar-refractivity contribution in [3.05, 3.63) is 64.7 Å². The number of ether oxygens (including phenoxy) is 1. The number of nitrogens with zero attached hydrogens (tertiary/aromatic N) is 2. The van der Waals surface area contributed by atoms with Crippen LogP contribution < -0.4 is 15.4 Å². The molecule has 0 aliphatic rings. The number of aryl methyl sites for hydroxylation is 1. The number of guanidine groups is 1. The minimum Gasteiger partial charge on any atom is -0.496 e. The lowest BCUT2D eigenvalue weighted by Crippen LogP contribution is -2.38. The molecule has 2 N–H and O–H groups in total. The zero-order valence-electron chi connectivity index (χ0n) is 18.3. The SMILES string of the molecule is CCNC(=NCc1ccccc1CN(C)C)NCCc1ccc(C)c(OC)c1.I. The average Bonchev–Trinajstić information content (AvgIpc) is 2.68. The summed E-state index contributed by atoms with van der Waals surface area (Å²) in [5.74, 6) is 1.79. The van der Waals surface area contributed by atoms with Gasteiger partial charge in [-0.15, -0.1) is 24.0 Å².